The van der Waals surface area contributed by atoms with Crippen LogP contribution in [-0.4, -0.2) is 30.2 Å². The van der Waals surface area contributed by atoms with Crippen LogP contribution in [0.3, 0.4) is 0 Å². The Morgan fingerprint density at radius 1 is 0.909 bits per heavy atom. The zero-order chi connectivity index (χ0) is 17.7. The third-order valence-electron chi connectivity index (χ3n) is 4.00. The second-order valence-electron chi connectivity index (χ2n) is 8.09. The molecule has 0 spiro atoms. The summed E-state index contributed by atoms with van der Waals surface area (Å²) in [4.78, 5) is 23.7. The maximum atomic E-state index is 11.9. The van der Waals surface area contributed by atoms with E-state index in [-0.39, 0.29) is 41.8 Å². The Labute approximate surface area is 134 Å². The molecular weight excluding hydrogens is 282 g/mol. The van der Waals surface area contributed by atoms with Gasteiger partial charge in [0.15, 0.2) is 0 Å². The van der Waals surface area contributed by atoms with Gasteiger partial charge in [0.1, 0.15) is 18.2 Å². The van der Waals surface area contributed by atoms with Crippen LogP contribution in [0.1, 0.15) is 68.2 Å². The molecule has 5 heteroatoms. The molecule has 0 aliphatic heterocycles. The maximum absolute atomic E-state index is 11.9. The van der Waals surface area contributed by atoms with Gasteiger partial charge in [0, 0.05) is 6.42 Å². The van der Waals surface area contributed by atoms with Crippen molar-refractivity contribution >= 4 is 11.9 Å². The van der Waals surface area contributed by atoms with Crippen molar-refractivity contribution in [2.45, 2.75) is 86.5 Å². The first-order chi connectivity index (χ1) is 9.75. The van der Waals surface area contributed by atoms with E-state index in [1.807, 2.05) is 55.4 Å². The fraction of sp³-hybridized carbons (Fsp3) is 0.882. The molecule has 0 saturated carbocycles. The molecule has 0 rings (SSSR count). The van der Waals surface area contributed by atoms with Gasteiger partial charge in [0.05, 0.1) is 0 Å². The second kappa shape index (κ2) is 7.95. The van der Waals surface area contributed by atoms with Gasteiger partial charge in [-0.15, -0.1) is 0 Å². The van der Waals surface area contributed by atoms with Crippen molar-refractivity contribution in [3.63, 3.8) is 0 Å². The van der Waals surface area contributed by atoms with Gasteiger partial charge < -0.3 is 15.2 Å². The minimum absolute atomic E-state index is 0.112. The molecule has 0 aliphatic carbocycles. The lowest BCUT2D eigenvalue weighted by Gasteiger charge is -2.28. The lowest BCUT2D eigenvalue weighted by atomic mass is 9.90. The molecule has 0 aromatic rings. The highest BCUT2D eigenvalue weighted by Crippen LogP contribution is 2.23. The highest BCUT2D eigenvalue weighted by atomic mass is 16.5. The fourth-order valence-corrected chi connectivity index (χ4v) is 1.26. The zero-order valence-corrected chi connectivity index (χ0v) is 15.4. The molecule has 5 nitrogen and oxygen atoms in total. The van der Waals surface area contributed by atoms with Crippen molar-refractivity contribution in [3.8, 4) is 0 Å². The standard InChI is InChI=1S/C17H33NO4/c1-11(16(3,4)5)21-14(19)10-9-13(18)15(20)22-12(2)17(6,7)8/h11-13H,9-10,18H2,1-8H3/t11-,12+,13+/m1/s1. The highest BCUT2D eigenvalue weighted by Gasteiger charge is 2.27. The topological polar surface area (TPSA) is 78.6 Å². The SMILES string of the molecule is C[C@H](OC(=O)[C@@H](N)CCC(=O)O[C@H](C)C(C)(C)C)C(C)(C)C. The summed E-state index contributed by atoms with van der Waals surface area (Å²) in [5, 5.41) is 0. The highest BCUT2D eigenvalue weighted by molar-refractivity contribution is 5.77. The lowest BCUT2D eigenvalue weighted by molar-refractivity contribution is -0.156. The summed E-state index contributed by atoms with van der Waals surface area (Å²) in [6.07, 6.45) is -0.0885. The number of carbonyl (C=O) groups excluding carboxylic acids is 2. The molecule has 0 saturated heterocycles. The number of nitrogens with two attached hydrogens (primary N) is 1. The normalized spacial score (nSPS) is 16.6. The number of ether oxygens (including phenoxy) is 2. The molecule has 3 atom stereocenters. The van der Waals surface area contributed by atoms with E-state index in [0.29, 0.717) is 0 Å². The first-order valence-corrected chi connectivity index (χ1v) is 7.90. The van der Waals surface area contributed by atoms with Crippen molar-refractivity contribution < 1.29 is 19.1 Å². The Balaban J connectivity index is 4.25. The molecular formula is C17H33NO4. The number of carbonyl (C=O) groups is 2. The van der Waals surface area contributed by atoms with Gasteiger partial charge in [0.25, 0.3) is 0 Å². The Morgan fingerprint density at radius 3 is 1.73 bits per heavy atom. The van der Waals surface area contributed by atoms with Gasteiger partial charge in [-0.25, -0.2) is 0 Å². The van der Waals surface area contributed by atoms with Gasteiger partial charge in [-0.3, -0.25) is 9.59 Å². The van der Waals surface area contributed by atoms with E-state index < -0.39 is 12.0 Å². The summed E-state index contributed by atoms with van der Waals surface area (Å²) in [7, 11) is 0. The molecule has 0 aliphatic rings. The fourth-order valence-electron chi connectivity index (χ4n) is 1.26. The van der Waals surface area contributed by atoms with Crippen LogP contribution in [0.4, 0.5) is 0 Å². The van der Waals surface area contributed by atoms with Gasteiger partial charge in [-0.1, -0.05) is 41.5 Å². The molecule has 0 radical (unpaired) electrons. The minimum atomic E-state index is -0.803. The van der Waals surface area contributed by atoms with Crippen LogP contribution in [0.2, 0.25) is 0 Å². The molecule has 0 amide bonds. The number of esters is 2. The van der Waals surface area contributed by atoms with Crippen LogP contribution >= 0.6 is 0 Å². The average molecular weight is 315 g/mol. The molecule has 0 bridgehead atoms. The smallest absolute Gasteiger partial charge is 0.323 e. The molecule has 22 heavy (non-hydrogen) atoms. The average Bonchev–Trinajstić information content (AvgIpc) is 2.33. The Morgan fingerprint density at radius 2 is 1.32 bits per heavy atom. The van der Waals surface area contributed by atoms with Gasteiger partial charge in [0.2, 0.25) is 0 Å². The van der Waals surface area contributed by atoms with Crippen molar-refractivity contribution in [1.82, 2.24) is 0 Å². The van der Waals surface area contributed by atoms with E-state index in [9.17, 15) is 9.59 Å². The van der Waals surface area contributed by atoms with Gasteiger partial charge >= 0.3 is 11.9 Å². The molecule has 0 aromatic heterocycles. The first kappa shape index (κ1) is 20.9. The summed E-state index contributed by atoms with van der Waals surface area (Å²) in [5.41, 5.74) is 5.54. The van der Waals surface area contributed by atoms with Crippen LogP contribution < -0.4 is 5.73 Å². The molecule has 0 aromatic carbocycles. The van der Waals surface area contributed by atoms with Crippen LogP contribution in [0.5, 0.6) is 0 Å². The Hall–Kier alpha value is -1.10. The quantitative estimate of drug-likeness (QED) is 0.762. The zero-order valence-electron chi connectivity index (χ0n) is 15.4. The molecule has 2 N–H and O–H groups in total. The van der Waals surface area contributed by atoms with Gasteiger partial charge in [-0.2, -0.15) is 0 Å². The third kappa shape index (κ3) is 7.78. The molecule has 0 fully saturated rings. The number of rotatable bonds is 6. The van der Waals surface area contributed by atoms with Crippen molar-refractivity contribution in [3.05, 3.63) is 0 Å². The van der Waals surface area contributed by atoms with E-state index in [0.717, 1.165) is 0 Å². The summed E-state index contributed by atoms with van der Waals surface area (Å²) in [5.74, 6) is -0.811. The Bertz CT molecular complexity index is 379. The van der Waals surface area contributed by atoms with Crippen LogP contribution in [-0.2, 0) is 19.1 Å². The van der Waals surface area contributed by atoms with Gasteiger partial charge in [-0.05, 0) is 31.1 Å². The molecule has 0 heterocycles. The van der Waals surface area contributed by atoms with Crippen LogP contribution in [0, 0.1) is 10.8 Å². The van der Waals surface area contributed by atoms with E-state index in [1.54, 1.807) is 0 Å². The van der Waals surface area contributed by atoms with E-state index >= 15 is 0 Å². The predicted molar refractivity (Wildman–Crippen MR) is 87.2 cm³/mol. The van der Waals surface area contributed by atoms with Crippen molar-refractivity contribution in [2.75, 3.05) is 0 Å². The monoisotopic (exact) mass is 315 g/mol. The first-order valence-electron chi connectivity index (χ1n) is 7.90. The minimum Gasteiger partial charge on any atom is -0.462 e. The summed E-state index contributed by atoms with van der Waals surface area (Å²) >= 11 is 0. The molecule has 0 unspecified atom stereocenters. The lowest BCUT2D eigenvalue weighted by Crippen LogP contribution is -2.38. The predicted octanol–water partition coefficient (Wildman–Crippen LogP) is 3.05. The summed E-state index contributed by atoms with van der Waals surface area (Å²) in [6.45, 7) is 15.7. The summed E-state index contributed by atoms with van der Waals surface area (Å²) < 4.78 is 10.7. The van der Waals surface area contributed by atoms with E-state index in [1.165, 1.54) is 0 Å². The second-order valence-corrected chi connectivity index (χ2v) is 8.09. The number of hydrogen-bond donors (Lipinski definition) is 1. The van der Waals surface area contributed by atoms with Crippen molar-refractivity contribution in [2.24, 2.45) is 16.6 Å². The van der Waals surface area contributed by atoms with E-state index in [2.05, 4.69) is 0 Å². The van der Waals surface area contributed by atoms with Crippen LogP contribution in [0.25, 0.3) is 0 Å². The van der Waals surface area contributed by atoms with Crippen molar-refractivity contribution in [1.29, 1.82) is 0 Å². The van der Waals surface area contributed by atoms with Crippen LogP contribution in [0.15, 0.2) is 0 Å². The Kier molecular flexibility index (Phi) is 7.55. The number of hydrogen-bond acceptors (Lipinski definition) is 5. The maximum Gasteiger partial charge on any atom is 0.323 e. The summed E-state index contributed by atoms with van der Waals surface area (Å²) in [6, 6.07) is -0.803. The van der Waals surface area contributed by atoms with E-state index in [4.69, 9.17) is 15.2 Å². The third-order valence-corrected chi connectivity index (χ3v) is 4.00. The molecule has 130 valence electrons. The largest absolute Gasteiger partial charge is 0.462 e.